The Balaban J connectivity index is 2.10. The van der Waals surface area contributed by atoms with E-state index < -0.39 is 0 Å². The Morgan fingerprint density at radius 3 is 2.65 bits per heavy atom. The van der Waals surface area contributed by atoms with Crippen LogP contribution in [0.1, 0.15) is 45.1 Å². The second-order valence-corrected chi connectivity index (χ2v) is 5.47. The molecule has 112 valence electrons. The number of allylic oxidation sites excluding steroid dienone is 1. The van der Waals surface area contributed by atoms with Gasteiger partial charge >= 0.3 is 0 Å². The third-order valence-electron chi connectivity index (χ3n) is 3.22. The number of hydrogen-bond donors (Lipinski definition) is 1. The first-order chi connectivity index (χ1) is 9.74. The van der Waals surface area contributed by atoms with E-state index in [2.05, 4.69) is 31.8 Å². The van der Waals surface area contributed by atoms with Crippen LogP contribution in [0.5, 0.6) is 5.75 Å². The van der Waals surface area contributed by atoms with E-state index in [1.165, 1.54) is 24.8 Å². The van der Waals surface area contributed by atoms with Gasteiger partial charge in [-0.2, -0.15) is 0 Å². The molecule has 2 heteroatoms. The molecule has 0 radical (unpaired) electrons. The van der Waals surface area contributed by atoms with Crippen molar-refractivity contribution < 1.29 is 4.74 Å². The van der Waals surface area contributed by atoms with Crippen LogP contribution in [0.25, 0.3) is 0 Å². The Morgan fingerprint density at radius 2 is 1.90 bits per heavy atom. The van der Waals surface area contributed by atoms with Gasteiger partial charge in [-0.1, -0.05) is 51.0 Å². The van der Waals surface area contributed by atoms with Crippen LogP contribution in [0.2, 0.25) is 0 Å². The first-order valence-electron chi connectivity index (χ1n) is 7.79. The summed E-state index contributed by atoms with van der Waals surface area (Å²) < 4.78 is 5.87. The Bertz CT molecular complexity index is 373. The summed E-state index contributed by atoms with van der Waals surface area (Å²) in [5.74, 6) is 1.01. The standard InChI is InChI=1S/C18H29NO/c1-4-11-17-12-7-8-13-18(17)20-15-10-6-5-9-14-19-16(2)3/h4,7-8,12-13,16,19H,1,5-6,9-11,14-15H2,2-3H3. The first-order valence-corrected chi connectivity index (χ1v) is 7.79. The Labute approximate surface area is 124 Å². The van der Waals surface area contributed by atoms with Gasteiger partial charge in [-0.3, -0.25) is 0 Å². The highest BCUT2D eigenvalue weighted by Gasteiger charge is 2.00. The molecule has 0 bridgehead atoms. The summed E-state index contributed by atoms with van der Waals surface area (Å²) in [5.41, 5.74) is 1.23. The highest BCUT2D eigenvalue weighted by Crippen LogP contribution is 2.19. The first kappa shape index (κ1) is 16.8. The van der Waals surface area contributed by atoms with Gasteiger partial charge in [0.25, 0.3) is 0 Å². The minimum Gasteiger partial charge on any atom is -0.493 e. The maximum absolute atomic E-state index is 5.87. The molecular weight excluding hydrogens is 246 g/mol. The Morgan fingerprint density at radius 1 is 1.15 bits per heavy atom. The maximum atomic E-state index is 5.87. The summed E-state index contributed by atoms with van der Waals surface area (Å²) in [6, 6.07) is 8.83. The van der Waals surface area contributed by atoms with Crippen molar-refractivity contribution in [3.8, 4) is 5.75 Å². The summed E-state index contributed by atoms with van der Waals surface area (Å²) in [7, 11) is 0. The van der Waals surface area contributed by atoms with Crippen molar-refractivity contribution in [1.29, 1.82) is 0 Å². The molecule has 0 aliphatic rings. The molecular formula is C18H29NO. The monoisotopic (exact) mass is 275 g/mol. The number of benzene rings is 1. The van der Waals surface area contributed by atoms with E-state index in [1.54, 1.807) is 0 Å². The van der Waals surface area contributed by atoms with Gasteiger partial charge in [0.2, 0.25) is 0 Å². The summed E-state index contributed by atoms with van der Waals surface area (Å²) in [5, 5.41) is 3.44. The van der Waals surface area contributed by atoms with E-state index in [1.807, 2.05) is 24.3 Å². The van der Waals surface area contributed by atoms with Gasteiger partial charge in [0.05, 0.1) is 6.61 Å². The predicted octanol–water partition coefficient (Wildman–Crippen LogP) is 4.35. The van der Waals surface area contributed by atoms with E-state index in [4.69, 9.17) is 4.74 Å². The van der Waals surface area contributed by atoms with E-state index in [0.29, 0.717) is 6.04 Å². The number of rotatable bonds is 11. The molecule has 0 amide bonds. The van der Waals surface area contributed by atoms with Crippen LogP contribution in [0.4, 0.5) is 0 Å². The lowest BCUT2D eigenvalue weighted by Crippen LogP contribution is -2.23. The molecule has 1 rings (SSSR count). The molecule has 1 N–H and O–H groups in total. The zero-order valence-corrected chi connectivity index (χ0v) is 13.0. The van der Waals surface area contributed by atoms with Crippen molar-refractivity contribution in [1.82, 2.24) is 5.32 Å². The van der Waals surface area contributed by atoms with Crippen LogP contribution in [-0.2, 0) is 6.42 Å². The van der Waals surface area contributed by atoms with Crippen molar-refractivity contribution in [3.63, 3.8) is 0 Å². The SMILES string of the molecule is C=CCc1ccccc1OCCCCCCNC(C)C. The van der Waals surface area contributed by atoms with Crippen LogP contribution in [0, 0.1) is 0 Å². The molecule has 20 heavy (non-hydrogen) atoms. The molecule has 0 atom stereocenters. The fourth-order valence-corrected chi connectivity index (χ4v) is 2.12. The summed E-state index contributed by atoms with van der Waals surface area (Å²) in [6.45, 7) is 10.1. The van der Waals surface area contributed by atoms with Gasteiger partial charge in [-0.25, -0.2) is 0 Å². The number of hydrogen-bond acceptors (Lipinski definition) is 2. The second-order valence-electron chi connectivity index (χ2n) is 5.47. The van der Waals surface area contributed by atoms with Gasteiger partial charge in [0.1, 0.15) is 5.75 Å². The van der Waals surface area contributed by atoms with Crippen molar-refractivity contribution >= 4 is 0 Å². The molecule has 0 aliphatic carbocycles. The molecule has 0 spiro atoms. The zero-order chi connectivity index (χ0) is 14.6. The molecule has 0 heterocycles. The molecule has 2 nitrogen and oxygen atoms in total. The fourth-order valence-electron chi connectivity index (χ4n) is 2.12. The summed E-state index contributed by atoms with van der Waals surface area (Å²) >= 11 is 0. The lowest BCUT2D eigenvalue weighted by Gasteiger charge is -2.10. The second kappa shape index (κ2) is 10.5. The summed E-state index contributed by atoms with van der Waals surface area (Å²) in [6.07, 6.45) is 7.69. The van der Waals surface area contributed by atoms with Crippen molar-refractivity contribution in [3.05, 3.63) is 42.5 Å². The Kier molecular flexibility index (Phi) is 8.81. The minimum absolute atomic E-state index is 0.597. The van der Waals surface area contributed by atoms with Gasteiger partial charge in [0, 0.05) is 6.04 Å². The molecule has 1 aromatic rings. The van der Waals surface area contributed by atoms with Crippen LogP contribution in [-0.4, -0.2) is 19.2 Å². The fraction of sp³-hybridized carbons (Fsp3) is 0.556. The predicted molar refractivity (Wildman–Crippen MR) is 87.4 cm³/mol. The third-order valence-corrected chi connectivity index (χ3v) is 3.22. The van der Waals surface area contributed by atoms with E-state index in [9.17, 15) is 0 Å². The molecule has 0 saturated carbocycles. The van der Waals surface area contributed by atoms with E-state index in [0.717, 1.165) is 31.7 Å². The number of nitrogens with one attached hydrogen (secondary N) is 1. The van der Waals surface area contributed by atoms with Crippen LogP contribution in [0.3, 0.4) is 0 Å². The lowest BCUT2D eigenvalue weighted by atomic mass is 10.1. The van der Waals surface area contributed by atoms with Crippen molar-refractivity contribution in [2.45, 2.75) is 52.0 Å². The highest BCUT2D eigenvalue weighted by atomic mass is 16.5. The summed E-state index contributed by atoms with van der Waals surface area (Å²) in [4.78, 5) is 0. The molecule has 0 aliphatic heterocycles. The van der Waals surface area contributed by atoms with Gasteiger partial charge < -0.3 is 10.1 Å². The molecule has 0 unspecified atom stereocenters. The average molecular weight is 275 g/mol. The minimum atomic E-state index is 0.597. The van der Waals surface area contributed by atoms with Gasteiger partial charge in [0.15, 0.2) is 0 Å². The largest absolute Gasteiger partial charge is 0.493 e. The van der Waals surface area contributed by atoms with E-state index >= 15 is 0 Å². The number of ether oxygens (including phenoxy) is 1. The van der Waals surface area contributed by atoms with Crippen LogP contribution >= 0.6 is 0 Å². The quantitative estimate of drug-likeness (QED) is 0.479. The number of para-hydroxylation sites is 1. The third kappa shape index (κ3) is 7.34. The van der Waals surface area contributed by atoms with Gasteiger partial charge in [-0.05, 0) is 37.4 Å². The molecule has 0 aromatic heterocycles. The molecule has 0 saturated heterocycles. The lowest BCUT2D eigenvalue weighted by molar-refractivity contribution is 0.302. The van der Waals surface area contributed by atoms with Crippen molar-refractivity contribution in [2.24, 2.45) is 0 Å². The smallest absolute Gasteiger partial charge is 0.122 e. The van der Waals surface area contributed by atoms with Crippen molar-refractivity contribution in [2.75, 3.05) is 13.2 Å². The normalized spacial score (nSPS) is 10.8. The van der Waals surface area contributed by atoms with E-state index in [-0.39, 0.29) is 0 Å². The van der Waals surface area contributed by atoms with Crippen LogP contribution < -0.4 is 10.1 Å². The molecule has 1 aromatic carbocycles. The number of unbranched alkanes of at least 4 members (excludes halogenated alkanes) is 3. The van der Waals surface area contributed by atoms with Gasteiger partial charge in [-0.15, -0.1) is 6.58 Å². The topological polar surface area (TPSA) is 21.3 Å². The Hall–Kier alpha value is -1.28. The highest BCUT2D eigenvalue weighted by molar-refractivity contribution is 5.34. The maximum Gasteiger partial charge on any atom is 0.122 e. The average Bonchev–Trinajstić information content (AvgIpc) is 2.43. The van der Waals surface area contributed by atoms with Crippen LogP contribution in [0.15, 0.2) is 36.9 Å². The molecule has 0 fully saturated rings. The zero-order valence-electron chi connectivity index (χ0n) is 13.0.